The summed E-state index contributed by atoms with van der Waals surface area (Å²) >= 11 is 0. The van der Waals surface area contributed by atoms with Crippen LogP contribution < -0.4 is 11.1 Å². The molecule has 1 saturated carbocycles. The van der Waals surface area contributed by atoms with Gasteiger partial charge in [0, 0.05) is 30.7 Å². The highest BCUT2D eigenvalue weighted by Crippen LogP contribution is 2.47. The van der Waals surface area contributed by atoms with E-state index in [1.54, 1.807) is 0 Å². The lowest BCUT2D eigenvalue weighted by molar-refractivity contribution is -0.121. The van der Waals surface area contributed by atoms with E-state index in [1.807, 2.05) is 0 Å². The molecule has 1 aliphatic rings. The number of carbonyl (C=O) groups excluding carboxylic acids is 1. The van der Waals surface area contributed by atoms with Crippen LogP contribution in [0.2, 0.25) is 0 Å². The summed E-state index contributed by atoms with van der Waals surface area (Å²) < 4.78 is 40.1. The van der Waals surface area contributed by atoms with E-state index in [0.717, 1.165) is 0 Å². The number of nitrogens with one attached hydrogen (secondary N) is 1. The van der Waals surface area contributed by atoms with E-state index in [0.29, 0.717) is 25.0 Å². The number of nitrogens with two attached hydrogens (primary N) is 1. The monoisotopic (exact) mass is 258 g/mol. The van der Waals surface area contributed by atoms with Crippen molar-refractivity contribution in [1.29, 1.82) is 0 Å². The smallest absolute Gasteiger partial charge is 0.221 e. The SMILES string of the molecule is NCCC(=O)NC1(c2c(F)cc(F)cc2F)CC1. The van der Waals surface area contributed by atoms with Crippen LogP contribution in [0, 0.1) is 17.5 Å². The first-order valence-corrected chi connectivity index (χ1v) is 5.64. The fraction of sp³-hybridized carbons (Fsp3) is 0.417. The van der Waals surface area contributed by atoms with Crippen LogP contribution in [0.5, 0.6) is 0 Å². The van der Waals surface area contributed by atoms with Crippen LogP contribution in [0.4, 0.5) is 13.2 Å². The summed E-state index contributed by atoms with van der Waals surface area (Å²) in [6, 6.07) is 1.24. The highest BCUT2D eigenvalue weighted by molar-refractivity contribution is 5.77. The van der Waals surface area contributed by atoms with Crippen LogP contribution >= 0.6 is 0 Å². The first-order chi connectivity index (χ1) is 8.48. The zero-order chi connectivity index (χ0) is 13.3. The number of hydrogen-bond donors (Lipinski definition) is 2. The van der Waals surface area contributed by atoms with Gasteiger partial charge in [0.15, 0.2) is 0 Å². The molecule has 3 N–H and O–H groups in total. The average Bonchev–Trinajstić information content (AvgIpc) is 2.96. The fourth-order valence-electron chi connectivity index (χ4n) is 2.02. The Kier molecular flexibility index (Phi) is 3.30. The lowest BCUT2D eigenvalue weighted by Crippen LogP contribution is -2.37. The minimum Gasteiger partial charge on any atom is -0.346 e. The third kappa shape index (κ3) is 2.33. The summed E-state index contributed by atoms with van der Waals surface area (Å²) in [7, 11) is 0. The molecule has 0 bridgehead atoms. The minimum absolute atomic E-state index is 0.0895. The van der Waals surface area contributed by atoms with Crippen LogP contribution in [-0.2, 0) is 10.3 Å². The average molecular weight is 258 g/mol. The molecule has 6 heteroatoms. The Labute approximate surface area is 102 Å². The van der Waals surface area contributed by atoms with Crippen molar-refractivity contribution in [1.82, 2.24) is 5.32 Å². The molecule has 3 nitrogen and oxygen atoms in total. The van der Waals surface area contributed by atoms with E-state index in [2.05, 4.69) is 5.32 Å². The molecule has 0 saturated heterocycles. The second kappa shape index (κ2) is 4.61. The van der Waals surface area contributed by atoms with Crippen LogP contribution in [0.15, 0.2) is 12.1 Å². The van der Waals surface area contributed by atoms with Crippen molar-refractivity contribution in [3.8, 4) is 0 Å². The van der Waals surface area contributed by atoms with Crippen molar-refractivity contribution >= 4 is 5.91 Å². The summed E-state index contributed by atoms with van der Waals surface area (Å²) in [5.41, 5.74) is 3.93. The molecule has 98 valence electrons. The molecule has 0 radical (unpaired) electrons. The molecule has 0 atom stereocenters. The molecule has 18 heavy (non-hydrogen) atoms. The van der Waals surface area contributed by atoms with E-state index in [-0.39, 0.29) is 24.4 Å². The largest absolute Gasteiger partial charge is 0.346 e. The Morgan fingerprint density at radius 1 is 1.28 bits per heavy atom. The summed E-state index contributed by atoms with van der Waals surface area (Å²) in [5, 5.41) is 2.56. The van der Waals surface area contributed by atoms with Gasteiger partial charge in [-0.3, -0.25) is 4.79 Å². The van der Waals surface area contributed by atoms with Gasteiger partial charge in [-0.1, -0.05) is 0 Å². The molecule has 1 aromatic rings. The van der Waals surface area contributed by atoms with Crippen LogP contribution in [0.25, 0.3) is 0 Å². The van der Waals surface area contributed by atoms with Crippen molar-refractivity contribution in [2.24, 2.45) is 5.73 Å². The van der Waals surface area contributed by atoms with E-state index < -0.39 is 23.0 Å². The molecule has 1 aromatic carbocycles. The Hall–Kier alpha value is -1.56. The van der Waals surface area contributed by atoms with Crippen molar-refractivity contribution in [3.05, 3.63) is 35.1 Å². The number of benzene rings is 1. The van der Waals surface area contributed by atoms with Gasteiger partial charge in [-0.05, 0) is 12.8 Å². The summed E-state index contributed by atoms with van der Waals surface area (Å²) in [5.74, 6) is -3.29. The van der Waals surface area contributed by atoms with Crippen molar-refractivity contribution in [2.45, 2.75) is 24.8 Å². The molecule has 0 spiro atoms. The van der Waals surface area contributed by atoms with Gasteiger partial charge in [-0.2, -0.15) is 0 Å². The van der Waals surface area contributed by atoms with Gasteiger partial charge in [0.1, 0.15) is 17.5 Å². The second-order valence-electron chi connectivity index (χ2n) is 4.41. The van der Waals surface area contributed by atoms with Crippen LogP contribution in [0.1, 0.15) is 24.8 Å². The number of halogens is 3. The molecule has 1 aliphatic carbocycles. The first kappa shape index (κ1) is 12.9. The predicted octanol–water partition coefficient (Wildman–Crippen LogP) is 1.56. The predicted molar refractivity (Wildman–Crippen MR) is 59.0 cm³/mol. The molecule has 0 heterocycles. The standard InChI is InChI=1S/C12H13F3N2O/c13-7-5-8(14)11(9(15)6-7)12(2-3-12)17-10(18)1-4-16/h5-6H,1-4,16H2,(H,17,18). The lowest BCUT2D eigenvalue weighted by Gasteiger charge is -2.19. The molecule has 0 aromatic heterocycles. The third-order valence-electron chi connectivity index (χ3n) is 2.99. The first-order valence-electron chi connectivity index (χ1n) is 5.64. The van der Waals surface area contributed by atoms with Crippen molar-refractivity contribution in [3.63, 3.8) is 0 Å². The van der Waals surface area contributed by atoms with E-state index in [1.165, 1.54) is 0 Å². The van der Waals surface area contributed by atoms with E-state index in [9.17, 15) is 18.0 Å². The second-order valence-corrected chi connectivity index (χ2v) is 4.41. The van der Waals surface area contributed by atoms with E-state index in [4.69, 9.17) is 5.73 Å². The van der Waals surface area contributed by atoms with Gasteiger partial charge in [0.05, 0.1) is 5.54 Å². The quantitative estimate of drug-likeness (QED) is 0.861. The molecule has 1 amide bonds. The minimum atomic E-state index is -1.03. The van der Waals surface area contributed by atoms with Crippen LogP contribution in [-0.4, -0.2) is 12.5 Å². The zero-order valence-electron chi connectivity index (χ0n) is 9.60. The highest BCUT2D eigenvalue weighted by Gasteiger charge is 2.49. The van der Waals surface area contributed by atoms with Gasteiger partial charge in [-0.15, -0.1) is 0 Å². The Morgan fingerprint density at radius 3 is 2.28 bits per heavy atom. The van der Waals surface area contributed by atoms with Crippen molar-refractivity contribution < 1.29 is 18.0 Å². The zero-order valence-corrected chi connectivity index (χ0v) is 9.60. The highest BCUT2D eigenvalue weighted by atomic mass is 19.1. The molecular weight excluding hydrogens is 245 g/mol. The maximum absolute atomic E-state index is 13.6. The molecule has 0 aliphatic heterocycles. The third-order valence-corrected chi connectivity index (χ3v) is 2.99. The molecular formula is C12H13F3N2O. The summed E-state index contributed by atoms with van der Waals surface area (Å²) in [6.45, 7) is 0.163. The number of amides is 1. The van der Waals surface area contributed by atoms with Gasteiger partial charge in [0.2, 0.25) is 5.91 Å². The normalized spacial score (nSPS) is 16.4. The van der Waals surface area contributed by atoms with Gasteiger partial charge < -0.3 is 11.1 Å². The molecule has 0 unspecified atom stereocenters. The summed E-state index contributed by atoms with van der Waals surface area (Å²) in [4.78, 5) is 11.5. The fourth-order valence-corrected chi connectivity index (χ4v) is 2.02. The lowest BCUT2D eigenvalue weighted by atomic mass is 10.0. The molecule has 2 rings (SSSR count). The topological polar surface area (TPSA) is 55.1 Å². The Bertz CT molecular complexity index is 463. The summed E-state index contributed by atoms with van der Waals surface area (Å²) in [6.07, 6.45) is 0.956. The maximum Gasteiger partial charge on any atom is 0.221 e. The van der Waals surface area contributed by atoms with Crippen molar-refractivity contribution in [2.75, 3.05) is 6.54 Å². The number of carbonyl (C=O) groups is 1. The van der Waals surface area contributed by atoms with Crippen LogP contribution in [0.3, 0.4) is 0 Å². The number of hydrogen-bond acceptors (Lipinski definition) is 2. The molecule has 1 fully saturated rings. The number of rotatable bonds is 4. The Morgan fingerprint density at radius 2 is 1.83 bits per heavy atom. The van der Waals surface area contributed by atoms with Gasteiger partial charge >= 0.3 is 0 Å². The van der Waals surface area contributed by atoms with Gasteiger partial charge in [0.25, 0.3) is 0 Å². The maximum atomic E-state index is 13.6. The Balaban J connectivity index is 2.28. The van der Waals surface area contributed by atoms with Gasteiger partial charge in [-0.25, -0.2) is 13.2 Å². The van der Waals surface area contributed by atoms with E-state index >= 15 is 0 Å².